The van der Waals surface area contributed by atoms with Crippen molar-refractivity contribution < 1.29 is 26.4 Å². The molecule has 3 aromatic carbocycles. The van der Waals surface area contributed by atoms with E-state index in [0.29, 0.717) is 11.3 Å². The second-order valence-corrected chi connectivity index (χ2v) is 9.38. The maximum Gasteiger partial charge on any atom is 0.416 e. The summed E-state index contributed by atoms with van der Waals surface area (Å²) in [5.41, 5.74) is 1.33. The maximum absolute atomic E-state index is 13.4. The molecule has 5 nitrogen and oxygen atoms in total. The molecule has 0 radical (unpaired) electrons. The summed E-state index contributed by atoms with van der Waals surface area (Å²) in [7, 11) is -4.07. The van der Waals surface area contributed by atoms with Gasteiger partial charge in [-0.25, -0.2) is 8.42 Å². The molecule has 0 heterocycles. The first kappa shape index (κ1) is 24.3. The van der Waals surface area contributed by atoms with Gasteiger partial charge in [0.05, 0.1) is 16.1 Å². The summed E-state index contributed by atoms with van der Waals surface area (Å²) < 4.78 is 66.6. The Morgan fingerprint density at radius 2 is 1.61 bits per heavy atom. The predicted molar refractivity (Wildman–Crippen MR) is 120 cm³/mol. The monoisotopic (exact) mass is 476 g/mol. The molecule has 3 rings (SSSR count). The fraction of sp³-hybridized carbons (Fsp3) is 0.208. The molecule has 0 spiro atoms. The average Bonchev–Trinajstić information content (AvgIpc) is 2.78. The highest BCUT2D eigenvalue weighted by atomic mass is 32.2. The molecule has 0 fully saturated rings. The van der Waals surface area contributed by atoms with Gasteiger partial charge in [0.2, 0.25) is 5.91 Å². The van der Waals surface area contributed by atoms with Gasteiger partial charge < -0.3 is 5.32 Å². The molecule has 0 aliphatic heterocycles. The van der Waals surface area contributed by atoms with Gasteiger partial charge in [-0.15, -0.1) is 0 Å². The van der Waals surface area contributed by atoms with Gasteiger partial charge in [0, 0.05) is 6.54 Å². The molecule has 0 aliphatic carbocycles. The Morgan fingerprint density at radius 3 is 2.27 bits per heavy atom. The first-order chi connectivity index (χ1) is 15.5. The summed E-state index contributed by atoms with van der Waals surface area (Å²) in [5, 5.41) is 2.52. The van der Waals surface area contributed by atoms with Crippen molar-refractivity contribution in [3.8, 4) is 0 Å². The number of alkyl halides is 3. The Hall–Kier alpha value is -3.33. The summed E-state index contributed by atoms with van der Waals surface area (Å²) in [5.74, 6) is -0.646. The summed E-state index contributed by atoms with van der Waals surface area (Å²) in [4.78, 5) is 12.7. The third-order valence-corrected chi connectivity index (χ3v) is 6.98. The van der Waals surface area contributed by atoms with E-state index in [1.807, 2.05) is 13.0 Å². The average molecular weight is 477 g/mol. The summed E-state index contributed by atoms with van der Waals surface area (Å²) in [6.07, 6.45) is -4.50. The van der Waals surface area contributed by atoms with Crippen LogP contribution < -0.4 is 9.62 Å². The number of sulfonamides is 1. The fourth-order valence-electron chi connectivity index (χ4n) is 3.27. The smallest absolute Gasteiger partial charge is 0.350 e. The highest BCUT2D eigenvalue weighted by Crippen LogP contribution is 2.30. The standard InChI is InChI=1S/C24H23F3N2O3S/c1-17-8-6-13-22(18(17)2)29(33(31,32)21-11-4-3-5-12-21)16-23(30)28-15-19-9-7-10-20(14-19)24(25,26)27/h3-14H,15-16H2,1-2H3,(H,28,30). The number of carbonyl (C=O) groups excluding carboxylic acids is 1. The van der Waals surface area contributed by atoms with Crippen LogP contribution in [0, 0.1) is 13.8 Å². The normalized spacial score (nSPS) is 11.8. The van der Waals surface area contributed by atoms with Gasteiger partial charge in [0.1, 0.15) is 6.54 Å². The number of hydrogen-bond acceptors (Lipinski definition) is 3. The lowest BCUT2D eigenvalue weighted by Gasteiger charge is -2.26. The molecular formula is C24H23F3N2O3S. The van der Waals surface area contributed by atoms with E-state index in [0.717, 1.165) is 22.0 Å². The molecule has 0 bridgehead atoms. The van der Waals surface area contributed by atoms with Crippen molar-refractivity contribution in [3.05, 3.63) is 95.1 Å². The third-order valence-electron chi connectivity index (χ3n) is 5.21. The zero-order valence-corrected chi connectivity index (χ0v) is 18.9. The van der Waals surface area contributed by atoms with Crippen LogP contribution in [-0.2, 0) is 27.5 Å². The number of benzene rings is 3. The molecule has 0 aromatic heterocycles. The lowest BCUT2D eigenvalue weighted by Crippen LogP contribution is -2.41. The molecular weight excluding hydrogens is 453 g/mol. The van der Waals surface area contributed by atoms with Crippen molar-refractivity contribution in [2.75, 3.05) is 10.8 Å². The number of nitrogens with one attached hydrogen (secondary N) is 1. The number of rotatable bonds is 7. The summed E-state index contributed by atoms with van der Waals surface area (Å²) >= 11 is 0. The van der Waals surface area contributed by atoms with E-state index in [9.17, 15) is 26.4 Å². The fourth-order valence-corrected chi connectivity index (χ4v) is 4.77. The molecule has 0 saturated carbocycles. The van der Waals surface area contributed by atoms with Crippen LogP contribution in [0.3, 0.4) is 0 Å². The van der Waals surface area contributed by atoms with Crippen molar-refractivity contribution in [1.29, 1.82) is 0 Å². The lowest BCUT2D eigenvalue weighted by molar-refractivity contribution is -0.137. The van der Waals surface area contributed by atoms with E-state index < -0.39 is 34.2 Å². The van der Waals surface area contributed by atoms with Crippen LogP contribution >= 0.6 is 0 Å². The van der Waals surface area contributed by atoms with Crippen LogP contribution in [0.1, 0.15) is 22.3 Å². The van der Waals surface area contributed by atoms with Crippen molar-refractivity contribution in [3.63, 3.8) is 0 Å². The second kappa shape index (κ2) is 9.66. The molecule has 33 heavy (non-hydrogen) atoms. The summed E-state index contributed by atoms with van der Waals surface area (Å²) in [6.45, 7) is 2.90. The first-order valence-corrected chi connectivity index (χ1v) is 11.5. The minimum absolute atomic E-state index is 0.0246. The zero-order valence-electron chi connectivity index (χ0n) is 18.1. The van der Waals surface area contributed by atoms with E-state index in [-0.39, 0.29) is 17.0 Å². The Labute approximate surface area is 190 Å². The van der Waals surface area contributed by atoms with Crippen LogP contribution in [0.2, 0.25) is 0 Å². The largest absolute Gasteiger partial charge is 0.416 e. The van der Waals surface area contributed by atoms with Gasteiger partial charge >= 0.3 is 6.18 Å². The van der Waals surface area contributed by atoms with E-state index in [1.54, 1.807) is 37.3 Å². The molecule has 0 atom stereocenters. The number of amides is 1. The highest BCUT2D eigenvalue weighted by molar-refractivity contribution is 7.92. The van der Waals surface area contributed by atoms with Crippen molar-refractivity contribution in [2.24, 2.45) is 0 Å². The van der Waals surface area contributed by atoms with Gasteiger partial charge in [-0.1, -0.05) is 42.5 Å². The Balaban J connectivity index is 1.87. The number of carbonyl (C=O) groups is 1. The van der Waals surface area contributed by atoms with Crippen LogP contribution in [-0.4, -0.2) is 20.9 Å². The second-order valence-electron chi connectivity index (χ2n) is 7.52. The molecule has 174 valence electrons. The van der Waals surface area contributed by atoms with E-state index >= 15 is 0 Å². The lowest BCUT2D eigenvalue weighted by atomic mass is 10.1. The van der Waals surface area contributed by atoms with Crippen LogP contribution in [0.25, 0.3) is 0 Å². The van der Waals surface area contributed by atoms with Gasteiger partial charge in [-0.05, 0) is 60.9 Å². The number of hydrogen-bond donors (Lipinski definition) is 1. The van der Waals surface area contributed by atoms with Gasteiger partial charge in [-0.2, -0.15) is 13.2 Å². The van der Waals surface area contributed by atoms with E-state index in [2.05, 4.69) is 5.32 Å². The van der Waals surface area contributed by atoms with Gasteiger partial charge in [0.25, 0.3) is 10.0 Å². The van der Waals surface area contributed by atoms with Gasteiger partial charge in [-0.3, -0.25) is 9.10 Å². The van der Waals surface area contributed by atoms with Crippen molar-refractivity contribution in [1.82, 2.24) is 5.32 Å². The molecule has 0 saturated heterocycles. The van der Waals surface area contributed by atoms with E-state index in [4.69, 9.17) is 0 Å². The molecule has 0 unspecified atom stereocenters. The van der Waals surface area contributed by atoms with Crippen molar-refractivity contribution in [2.45, 2.75) is 31.5 Å². The number of halogens is 3. The molecule has 0 aliphatic rings. The number of aryl methyl sites for hydroxylation is 1. The van der Waals surface area contributed by atoms with Crippen LogP contribution in [0.15, 0.2) is 77.7 Å². The Kier molecular flexibility index (Phi) is 7.12. The Bertz CT molecular complexity index is 1240. The Morgan fingerprint density at radius 1 is 0.939 bits per heavy atom. The van der Waals surface area contributed by atoms with E-state index in [1.165, 1.54) is 24.3 Å². The number of nitrogens with zero attached hydrogens (tertiary/aromatic N) is 1. The molecule has 1 N–H and O–H groups in total. The topological polar surface area (TPSA) is 66.5 Å². The van der Waals surface area contributed by atoms with Crippen LogP contribution in [0.5, 0.6) is 0 Å². The molecule has 1 amide bonds. The minimum Gasteiger partial charge on any atom is -0.350 e. The number of anilines is 1. The first-order valence-electron chi connectivity index (χ1n) is 10.1. The maximum atomic E-state index is 13.4. The van der Waals surface area contributed by atoms with Crippen molar-refractivity contribution >= 4 is 21.6 Å². The minimum atomic E-state index is -4.50. The summed E-state index contributed by atoms with van der Waals surface area (Å²) in [6, 6.07) is 17.5. The predicted octanol–water partition coefficient (Wildman–Crippen LogP) is 4.83. The van der Waals surface area contributed by atoms with Gasteiger partial charge in [0.15, 0.2) is 0 Å². The highest BCUT2D eigenvalue weighted by Gasteiger charge is 2.31. The quantitative estimate of drug-likeness (QED) is 0.531. The zero-order chi connectivity index (χ0) is 24.2. The SMILES string of the molecule is Cc1cccc(N(CC(=O)NCc2cccc(C(F)(F)F)c2)S(=O)(=O)c2ccccc2)c1C. The third kappa shape index (κ3) is 5.73. The van der Waals surface area contributed by atoms with Crippen LogP contribution in [0.4, 0.5) is 18.9 Å². The molecule has 3 aromatic rings. The molecule has 9 heteroatoms.